The van der Waals surface area contributed by atoms with Gasteiger partial charge in [0.25, 0.3) is 5.91 Å². The maximum absolute atomic E-state index is 13.7. The Morgan fingerprint density at radius 3 is 2.03 bits per heavy atom. The third-order valence-corrected chi connectivity index (χ3v) is 6.32. The lowest BCUT2D eigenvalue weighted by molar-refractivity contribution is -0.134. The topological polar surface area (TPSA) is 78.5 Å². The summed E-state index contributed by atoms with van der Waals surface area (Å²) in [4.78, 5) is 40.8. The van der Waals surface area contributed by atoms with Crippen LogP contribution in [-0.2, 0) is 34.4 Å². The van der Waals surface area contributed by atoms with E-state index < -0.39 is 23.4 Å². The molecule has 34 heavy (non-hydrogen) atoms. The first kappa shape index (κ1) is 23.2. The van der Waals surface area contributed by atoms with Crippen LogP contribution in [0.1, 0.15) is 36.1 Å². The fourth-order valence-electron chi connectivity index (χ4n) is 4.54. The molecule has 0 aliphatic carbocycles. The van der Waals surface area contributed by atoms with Crippen LogP contribution in [0.25, 0.3) is 0 Å². The van der Waals surface area contributed by atoms with Crippen molar-refractivity contribution in [2.24, 2.45) is 0 Å². The summed E-state index contributed by atoms with van der Waals surface area (Å²) in [5.74, 6) is -0.829. The Morgan fingerprint density at radius 2 is 1.44 bits per heavy atom. The number of rotatable bonds is 8. The Kier molecular flexibility index (Phi) is 6.77. The molecule has 0 radical (unpaired) electrons. The normalized spacial score (nSPS) is 17.5. The second-order valence-electron chi connectivity index (χ2n) is 8.46. The van der Waals surface area contributed by atoms with E-state index in [9.17, 15) is 14.4 Å². The largest absolute Gasteiger partial charge is 0.325 e. The number of hydrogen-bond donors (Lipinski definition) is 2. The van der Waals surface area contributed by atoms with E-state index in [2.05, 4.69) is 10.6 Å². The molecule has 4 amide bonds. The van der Waals surface area contributed by atoms with E-state index in [1.54, 1.807) is 0 Å². The number of anilines is 1. The van der Waals surface area contributed by atoms with Crippen molar-refractivity contribution < 1.29 is 14.4 Å². The van der Waals surface area contributed by atoms with Crippen molar-refractivity contribution >= 4 is 23.5 Å². The van der Waals surface area contributed by atoms with Crippen molar-refractivity contribution in [1.82, 2.24) is 10.2 Å². The first-order chi connectivity index (χ1) is 16.5. The molecular weight excluding hydrogens is 426 g/mol. The molecule has 174 valence electrons. The number of aryl methyl sites for hydroxylation is 2. The van der Waals surface area contributed by atoms with Gasteiger partial charge in [-0.25, -0.2) is 4.79 Å². The van der Waals surface area contributed by atoms with Gasteiger partial charge in [0.05, 0.1) is 0 Å². The summed E-state index contributed by atoms with van der Waals surface area (Å²) in [7, 11) is 0. The van der Waals surface area contributed by atoms with Gasteiger partial charge in [-0.1, -0.05) is 92.7 Å². The fraction of sp³-hybridized carbons (Fsp3) is 0.250. The first-order valence-electron chi connectivity index (χ1n) is 11.6. The van der Waals surface area contributed by atoms with Crippen LogP contribution in [0.5, 0.6) is 0 Å². The number of nitrogens with one attached hydrogen (secondary N) is 2. The molecule has 3 aromatic carbocycles. The summed E-state index contributed by atoms with van der Waals surface area (Å²) in [6, 6.07) is 24.1. The highest BCUT2D eigenvalue weighted by molar-refractivity contribution is 6.10. The van der Waals surface area contributed by atoms with Crippen LogP contribution in [0.15, 0.2) is 78.9 Å². The van der Waals surface area contributed by atoms with Crippen LogP contribution >= 0.6 is 0 Å². The molecule has 0 bridgehead atoms. The van der Waals surface area contributed by atoms with E-state index in [-0.39, 0.29) is 6.54 Å². The second-order valence-corrected chi connectivity index (χ2v) is 8.46. The Hall–Kier alpha value is -3.93. The molecule has 0 spiro atoms. The Balaban J connectivity index is 1.61. The number of amides is 4. The van der Waals surface area contributed by atoms with E-state index in [4.69, 9.17) is 0 Å². The first-order valence-corrected chi connectivity index (χ1v) is 11.6. The SMILES string of the molecule is CCc1cccc(CC)c1NC(=O)CN1C(=O)NC(Cc2ccccc2)(c2ccccc2)C1=O. The molecule has 4 rings (SSSR count). The molecule has 1 saturated heterocycles. The smallest absolute Gasteiger partial charge is 0.324 e. The third-order valence-electron chi connectivity index (χ3n) is 6.32. The minimum atomic E-state index is -1.27. The number of para-hydroxylation sites is 1. The number of urea groups is 1. The van der Waals surface area contributed by atoms with E-state index in [1.165, 1.54) is 0 Å². The van der Waals surface area contributed by atoms with Gasteiger partial charge in [0, 0.05) is 12.1 Å². The number of benzene rings is 3. The lowest BCUT2D eigenvalue weighted by Gasteiger charge is -2.27. The van der Waals surface area contributed by atoms with Crippen LogP contribution in [0.4, 0.5) is 10.5 Å². The Morgan fingerprint density at radius 1 is 0.853 bits per heavy atom. The number of carbonyl (C=O) groups is 3. The van der Waals surface area contributed by atoms with Crippen LogP contribution in [0.3, 0.4) is 0 Å². The van der Waals surface area contributed by atoms with Crippen molar-refractivity contribution in [2.75, 3.05) is 11.9 Å². The van der Waals surface area contributed by atoms with Crippen molar-refractivity contribution in [3.05, 3.63) is 101 Å². The number of imide groups is 1. The zero-order valence-electron chi connectivity index (χ0n) is 19.5. The summed E-state index contributed by atoms with van der Waals surface area (Å²) in [5, 5.41) is 5.86. The lowest BCUT2D eigenvalue weighted by atomic mass is 9.83. The summed E-state index contributed by atoms with van der Waals surface area (Å²) >= 11 is 0. The maximum atomic E-state index is 13.7. The van der Waals surface area contributed by atoms with Gasteiger partial charge in [-0.3, -0.25) is 14.5 Å². The van der Waals surface area contributed by atoms with Gasteiger partial charge in [0.2, 0.25) is 5.91 Å². The minimum absolute atomic E-state index is 0.291. The van der Waals surface area contributed by atoms with E-state index >= 15 is 0 Å². The number of hydrogen-bond acceptors (Lipinski definition) is 3. The highest BCUT2D eigenvalue weighted by Gasteiger charge is 2.52. The predicted octanol–water partition coefficient (Wildman–Crippen LogP) is 4.44. The van der Waals surface area contributed by atoms with Crippen LogP contribution in [-0.4, -0.2) is 29.3 Å². The maximum Gasteiger partial charge on any atom is 0.325 e. The van der Waals surface area contributed by atoms with Gasteiger partial charge in [-0.15, -0.1) is 0 Å². The van der Waals surface area contributed by atoms with E-state index in [0.29, 0.717) is 12.0 Å². The average molecular weight is 456 g/mol. The van der Waals surface area contributed by atoms with Crippen molar-refractivity contribution in [1.29, 1.82) is 0 Å². The average Bonchev–Trinajstić information content (AvgIpc) is 3.10. The molecule has 3 aromatic rings. The van der Waals surface area contributed by atoms with Crippen LogP contribution in [0.2, 0.25) is 0 Å². The van der Waals surface area contributed by atoms with Crippen molar-refractivity contribution in [3.8, 4) is 0 Å². The Labute approximate surface area is 200 Å². The van der Waals surface area contributed by atoms with Gasteiger partial charge in [-0.05, 0) is 35.1 Å². The molecule has 1 heterocycles. The molecule has 0 aromatic heterocycles. The second kappa shape index (κ2) is 9.91. The molecular formula is C28H29N3O3. The molecule has 0 saturated carbocycles. The fourth-order valence-corrected chi connectivity index (χ4v) is 4.54. The highest BCUT2D eigenvalue weighted by atomic mass is 16.2. The number of carbonyl (C=O) groups excluding carboxylic acids is 3. The molecule has 1 fully saturated rings. The molecule has 2 N–H and O–H groups in total. The number of nitrogens with zero attached hydrogens (tertiary/aromatic N) is 1. The molecule has 1 atom stereocenters. The molecule has 1 unspecified atom stereocenters. The minimum Gasteiger partial charge on any atom is -0.324 e. The standard InChI is InChI=1S/C28H29N3O3/c1-3-21-14-11-15-22(4-2)25(21)29-24(32)19-31-26(33)28(30-27(31)34,23-16-9-6-10-17-23)18-20-12-7-5-8-13-20/h5-17H,3-4,18-19H2,1-2H3,(H,29,32)(H,30,34). The van der Waals surface area contributed by atoms with E-state index in [1.807, 2.05) is 92.7 Å². The zero-order chi connectivity index (χ0) is 24.1. The van der Waals surface area contributed by atoms with Gasteiger partial charge in [0.1, 0.15) is 6.54 Å². The van der Waals surface area contributed by atoms with Gasteiger partial charge >= 0.3 is 6.03 Å². The van der Waals surface area contributed by atoms with Crippen molar-refractivity contribution in [2.45, 2.75) is 38.6 Å². The van der Waals surface area contributed by atoms with Gasteiger partial charge in [-0.2, -0.15) is 0 Å². The van der Waals surface area contributed by atoms with Crippen molar-refractivity contribution in [3.63, 3.8) is 0 Å². The summed E-state index contributed by atoms with van der Waals surface area (Å²) in [6.07, 6.45) is 1.82. The summed E-state index contributed by atoms with van der Waals surface area (Å²) in [5.41, 5.74) is 3.14. The zero-order valence-corrected chi connectivity index (χ0v) is 19.5. The lowest BCUT2D eigenvalue weighted by Crippen LogP contribution is -2.46. The summed E-state index contributed by atoms with van der Waals surface area (Å²) in [6.45, 7) is 3.70. The third kappa shape index (κ3) is 4.44. The molecule has 1 aliphatic rings. The monoisotopic (exact) mass is 455 g/mol. The molecule has 1 aliphatic heterocycles. The molecule has 6 nitrogen and oxygen atoms in total. The molecule has 6 heteroatoms. The van der Waals surface area contributed by atoms with Gasteiger partial charge in [0.15, 0.2) is 5.54 Å². The van der Waals surface area contributed by atoms with Crippen LogP contribution < -0.4 is 10.6 Å². The summed E-state index contributed by atoms with van der Waals surface area (Å²) < 4.78 is 0. The van der Waals surface area contributed by atoms with E-state index in [0.717, 1.165) is 40.1 Å². The predicted molar refractivity (Wildman–Crippen MR) is 132 cm³/mol. The van der Waals surface area contributed by atoms with Gasteiger partial charge < -0.3 is 10.6 Å². The van der Waals surface area contributed by atoms with Crippen LogP contribution in [0, 0.1) is 0 Å². The Bertz CT molecular complexity index is 1170. The highest BCUT2D eigenvalue weighted by Crippen LogP contribution is 2.33. The quantitative estimate of drug-likeness (QED) is 0.493.